The van der Waals surface area contributed by atoms with Gasteiger partial charge in [0.1, 0.15) is 5.75 Å². The fourth-order valence-corrected chi connectivity index (χ4v) is 2.41. The van der Waals surface area contributed by atoms with E-state index in [1.807, 2.05) is 24.3 Å². The number of rotatable bonds is 4. The van der Waals surface area contributed by atoms with Gasteiger partial charge in [-0.2, -0.15) is 0 Å². The molecule has 0 saturated carbocycles. The molecule has 1 aliphatic heterocycles. The van der Waals surface area contributed by atoms with E-state index >= 15 is 0 Å². The minimum Gasteiger partial charge on any atom is -0.496 e. The molecule has 1 aromatic carbocycles. The minimum atomic E-state index is -0.189. The number of methoxy groups -OCH3 is 2. The largest absolute Gasteiger partial charge is 0.496 e. The molecular formula is C14H18O4. The van der Waals surface area contributed by atoms with E-state index in [0.29, 0.717) is 19.6 Å². The van der Waals surface area contributed by atoms with Gasteiger partial charge in [-0.15, -0.1) is 0 Å². The molecule has 0 amide bonds. The second-order valence-corrected chi connectivity index (χ2v) is 4.43. The van der Waals surface area contributed by atoms with Crippen LogP contribution >= 0.6 is 0 Å². The van der Waals surface area contributed by atoms with Gasteiger partial charge < -0.3 is 14.2 Å². The van der Waals surface area contributed by atoms with Crippen LogP contribution in [0.4, 0.5) is 0 Å². The van der Waals surface area contributed by atoms with E-state index < -0.39 is 0 Å². The van der Waals surface area contributed by atoms with Gasteiger partial charge in [-0.3, -0.25) is 4.79 Å². The van der Waals surface area contributed by atoms with E-state index in [0.717, 1.165) is 11.3 Å². The Hall–Kier alpha value is -1.55. The van der Waals surface area contributed by atoms with Gasteiger partial charge in [0.05, 0.1) is 33.9 Å². The van der Waals surface area contributed by atoms with Gasteiger partial charge in [-0.25, -0.2) is 0 Å². The molecule has 1 heterocycles. The molecule has 0 aromatic heterocycles. The van der Waals surface area contributed by atoms with Gasteiger partial charge in [-0.05, 0) is 11.6 Å². The molecule has 0 radical (unpaired) electrons. The first kappa shape index (κ1) is 12.9. The van der Waals surface area contributed by atoms with Crippen molar-refractivity contribution in [2.24, 2.45) is 5.92 Å². The lowest BCUT2D eigenvalue weighted by Crippen LogP contribution is -2.16. The van der Waals surface area contributed by atoms with Crippen molar-refractivity contribution in [1.82, 2.24) is 0 Å². The smallest absolute Gasteiger partial charge is 0.305 e. The summed E-state index contributed by atoms with van der Waals surface area (Å²) in [4.78, 5) is 11.4. The van der Waals surface area contributed by atoms with Crippen LogP contribution in [-0.4, -0.2) is 33.4 Å². The third-order valence-electron chi connectivity index (χ3n) is 3.39. The third kappa shape index (κ3) is 2.64. The molecule has 1 saturated heterocycles. The number of hydrogen-bond donors (Lipinski definition) is 0. The molecular weight excluding hydrogens is 232 g/mol. The Bertz CT molecular complexity index is 416. The van der Waals surface area contributed by atoms with Crippen LogP contribution in [0.3, 0.4) is 0 Å². The maximum Gasteiger partial charge on any atom is 0.305 e. The van der Waals surface area contributed by atoms with Crippen molar-refractivity contribution < 1.29 is 19.0 Å². The average molecular weight is 250 g/mol. The number of esters is 1. The molecule has 4 nitrogen and oxygen atoms in total. The number of carbonyl (C=O) groups excluding carboxylic acids is 1. The summed E-state index contributed by atoms with van der Waals surface area (Å²) >= 11 is 0. The highest BCUT2D eigenvalue weighted by Crippen LogP contribution is 2.37. The first-order valence-corrected chi connectivity index (χ1v) is 6.03. The van der Waals surface area contributed by atoms with Crippen LogP contribution < -0.4 is 4.74 Å². The maximum absolute atomic E-state index is 11.4. The van der Waals surface area contributed by atoms with Crippen LogP contribution in [-0.2, 0) is 14.3 Å². The van der Waals surface area contributed by atoms with Crippen molar-refractivity contribution in [2.45, 2.75) is 12.3 Å². The molecule has 4 heteroatoms. The summed E-state index contributed by atoms with van der Waals surface area (Å²) in [5.74, 6) is 1.02. The van der Waals surface area contributed by atoms with E-state index in [9.17, 15) is 4.79 Å². The Labute approximate surface area is 107 Å². The highest BCUT2D eigenvalue weighted by molar-refractivity contribution is 5.69. The first-order chi connectivity index (χ1) is 8.76. The quantitative estimate of drug-likeness (QED) is 0.767. The van der Waals surface area contributed by atoms with Crippen LogP contribution in [0.5, 0.6) is 5.75 Å². The molecule has 2 atom stereocenters. The summed E-state index contributed by atoms with van der Waals surface area (Å²) in [5.41, 5.74) is 1.10. The van der Waals surface area contributed by atoms with E-state index in [1.165, 1.54) is 7.11 Å². The number of carbonyl (C=O) groups is 1. The Balaban J connectivity index is 2.18. The van der Waals surface area contributed by atoms with Crippen LogP contribution in [0.2, 0.25) is 0 Å². The Morgan fingerprint density at radius 2 is 2.11 bits per heavy atom. The van der Waals surface area contributed by atoms with E-state index in [4.69, 9.17) is 14.2 Å². The van der Waals surface area contributed by atoms with Crippen LogP contribution in [0.25, 0.3) is 0 Å². The summed E-state index contributed by atoms with van der Waals surface area (Å²) in [5, 5.41) is 0. The van der Waals surface area contributed by atoms with Crippen molar-refractivity contribution in [3.8, 4) is 5.75 Å². The van der Waals surface area contributed by atoms with Crippen molar-refractivity contribution >= 4 is 5.97 Å². The monoisotopic (exact) mass is 250 g/mol. The van der Waals surface area contributed by atoms with Gasteiger partial charge in [0.25, 0.3) is 0 Å². The van der Waals surface area contributed by atoms with Crippen LogP contribution in [0.1, 0.15) is 17.9 Å². The van der Waals surface area contributed by atoms with Crippen LogP contribution in [0.15, 0.2) is 24.3 Å². The highest BCUT2D eigenvalue weighted by atomic mass is 16.5. The number of benzene rings is 1. The molecule has 1 fully saturated rings. The predicted octanol–water partition coefficient (Wildman–Crippen LogP) is 1.99. The fourth-order valence-electron chi connectivity index (χ4n) is 2.41. The molecule has 1 aromatic rings. The summed E-state index contributed by atoms with van der Waals surface area (Å²) in [7, 11) is 3.07. The lowest BCUT2D eigenvalue weighted by Gasteiger charge is -2.19. The van der Waals surface area contributed by atoms with Gasteiger partial charge in [0, 0.05) is 11.8 Å². The molecule has 0 unspecified atom stereocenters. The second kappa shape index (κ2) is 5.87. The normalized spacial score (nSPS) is 22.8. The second-order valence-electron chi connectivity index (χ2n) is 4.43. The van der Waals surface area contributed by atoms with Crippen molar-refractivity contribution in [3.63, 3.8) is 0 Å². The molecule has 0 aliphatic carbocycles. The summed E-state index contributed by atoms with van der Waals surface area (Å²) in [6.45, 7) is 1.22. The average Bonchev–Trinajstić information content (AvgIpc) is 2.86. The zero-order valence-corrected chi connectivity index (χ0v) is 10.7. The topological polar surface area (TPSA) is 44.8 Å². The lowest BCUT2D eigenvalue weighted by molar-refractivity contribution is -0.141. The summed E-state index contributed by atoms with van der Waals surface area (Å²) in [6, 6.07) is 7.88. The van der Waals surface area contributed by atoms with Crippen molar-refractivity contribution in [1.29, 1.82) is 0 Å². The predicted molar refractivity (Wildman–Crippen MR) is 66.7 cm³/mol. The number of para-hydroxylation sites is 1. The first-order valence-electron chi connectivity index (χ1n) is 6.03. The van der Waals surface area contributed by atoms with Crippen LogP contribution in [0, 0.1) is 5.92 Å². The number of hydrogen-bond acceptors (Lipinski definition) is 4. The summed E-state index contributed by atoms with van der Waals surface area (Å²) in [6.07, 6.45) is 0.388. The molecule has 98 valence electrons. The molecule has 2 rings (SSSR count). The Morgan fingerprint density at radius 3 is 2.83 bits per heavy atom. The van der Waals surface area contributed by atoms with E-state index in [1.54, 1.807) is 7.11 Å². The fraction of sp³-hybridized carbons (Fsp3) is 0.500. The van der Waals surface area contributed by atoms with Crippen molar-refractivity contribution in [2.75, 3.05) is 27.4 Å². The highest BCUT2D eigenvalue weighted by Gasteiger charge is 2.33. The Kier molecular flexibility index (Phi) is 4.20. The molecule has 0 spiro atoms. The maximum atomic E-state index is 11.4. The van der Waals surface area contributed by atoms with Gasteiger partial charge in [0.2, 0.25) is 0 Å². The van der Waals surface area contributed by atoms with E-state index in [2.05, 4.69) is 0 Å². The standard InChI is InChI=1S/C14H18O4/c1-16-13-6-4-3-5-11(13)12-9-18-8-10(12)7-14(15)17-2/h3-6,10,12H,7-9H2,1-2H3/t10-,12-/m0/s1. The third-order valence-corrected chi connectivity index (χ3v) is 3.39. The molecule has 0 N–H and O–H groups in total. The summed E-state index contributed by atoms with van der Waals surface area (Å²) < 4.78 is 15.6. The lowest BCUT2D eigenvalue weighted by atomic mass is 9.86. The SMILES string of the molecule is COC(=O)C[C@H]1COC[C@@H]1c1ccccc1OC. The Morgan fingerprint density at radius 1 is 1.33 bits per heavy atom. The zero-order valence-electron chi connectivity index (χ0n) is 10.7. The van der Waals surface area contributed by atoms with Gasteiger partial charge in [-0.1, -0.05) is 18.2 Å². The zero-order chi connectivity index (χ0) is 13.0. The molecule has 0 bridgehead atoms. The van der Waals surface area contributed by atoms with Gasteiger partial charge >= 0.3 is 5.97 Å². The molecule has 18 heavy (non-hydrogen) atoms. The molecule has 1 aliphatic rings. The minimum absolute atomic E-state index is 0.161. The van der Waals surface area contributed by atoms with Crippen molar-refractivity contribution in [3.05, 3.63) is 29.8 Å². The number of ether oxygens (including phenoxy) is 3. The van der Waals surface area contributed by atoms with E-state index in [-0.39, 0.29) is 17.8 Å². The van der Waals surface area contributed by atoms with Gasteiger partial charge in [0.15, 0.2) is 0 Å².